The number of rotatable bonds is 5. The molecule has 0 aromatic carbocycles. The van der Waals surface area contributed by atoms with Crippen molar-refractivity contribution >= 4 is 11.9 Å². The summed E-state index contributed by atoms with van der Waals surface area (Å²) in [6, 6.07) is 0. The Morgan fingerprint density at radius 2 is 1.55 bits per heavy atom. The summed E-state index contributed by atoms with van der Waals surface area (Å²) in [5.74, 6) is 1.67. The molecule has 0 bridgehead atoms. The molecule has 0 spiro atoms. The predicted molar refractivity (Wildman–Crippen MR) is 170 cm³/mol. The van der Waals surface area contributed by atoms with Crippen LogP contribution in [-0.2, 0) is 28.5 Å². The minimum Gasteiger partial charge on any atom is -0.465 e. The molecule has 1 heterocycles. The normalized spacial score (nSPS) is 48.7. The molecule has 6 rings (SSSR count). The maximum Gasteiger partial charge on any atom is 0.338 e. The molecule has 0 unspecified atom stereocenters. The second kappa shape index (κ2) is 10.6. The van der Waals surface area contributed by atoms with Gasteiger partial charge in [-0.2, -0.15) is 0 Å². The van der Waals surface area contributed by atoms with Crippen LogP contribution in [0.2, 0.25) is 0 Å². The number of carbonyl (C=O) groups excluding carboxylic acids is 2. The van der Waals surface area contributed by atoms with E-state index < -0.39 is 11.9 Å². The van der Waals surface area contributed by atoms with Crippen molar-refractivity contribution in [3.8, 4) is 0 Å². The fourth-order valence-electron chi connectivity index (χ4n) is 13.0. The molecule has 1 aliphatic heterocycles. The SMILES string of the molecule is C=C(C)[C@@H]1CC[C@]2(COC(C)=O)CC[C@]3(C)[C@H](CC[C@@H]4[C@@]5(C)CC[C@H](OC(=O)[C@H]6COC(C)(C)O6)C(C)(C)[C@@H]5CC[C@]43C)[C@@H]12. The summed E-state index contributed by atoms with van der Waals surface area (Å²) in [5, 5.41) is 0. The van der Waals surface area contributed by atoms with E-state index in [-0.39, 0.29) is 51.7 Å². The Labute approximate surface area is 266 Å². The second-order valence-corrected chi connectivity index (χ2v) is 17.9. The summed E-state index contributed by atoms with van der Waals surface area (Å²) in [6.45, 7) is 25.5. The fourth-order valence-corrected chi connectivity index (χ4v) is 13.0. The topological polar surface area (TPSA) is 71.1 Å². The third-order valence-electron chi connectivity index (χ3n) is 15.3. The fraction of sp³-hybridized carbons (Fsp3) is 0.895. The molecule has 248 valence electrons. The summed E-state index contributed by atoms with van der Waals surface area (Å²) in [4.78, 5) is 25.2. The van der Waals surface area contributed by atoms with Crippen LogP contribution in [0.25, 0.3) is 0 Å². The first-order chi connectivity index (χ1) is 20.4. The molecule has 0 N–H and O–H groups in total. The Kier molecular flexibility index (Phi) is 7.81. The van der Waals surface area contributed by atoms with E-state index in [0.29, 0.717) is 36.2 Å². The van der Waals surface area contributed by atoms with Crippen LogP contribution in [0.4, 0.5) is 0 Å². The Morgan fingerprint density at radius 1 is 0.818 bits per heavy atom. The lowest BCUT2D eigenvalue weighted by Crippen LogP contribution is -2.67. The van der Waals surface area contributed by atoms with Crippen LogP contribution < -0.4 is 0 Å². The molecular weight excluding hydrogens is 552 g/mol. The molecule has 11 atom stereocenters. The van der Waals surface area contributed by atoms with Gasteiger partial charge >= 0.3 is 11.9 Å². The summed E-state index contributed by atoms with van der Waals surface area (Å²) < 4.78 is 23.6. The number of hydrogen-bond donors (Lipinski definition) is 0. The lowest BCUT2D eigenvalue weighted by Gasteiger charge is -2.73. The van der Waals surface area contributed by atoms with Crippen LogP contribution in [0.5, 0.6) is 0 Å². The van der Waals surface area contributed by atoms with Gasteiger partial charge in [-0.25, -0.2) is 4.79 Å². The molecule has 0 amide bonds. The standard InChI is InChI=1S/C38H60O6/c1-23(2)25-13-18-38(22-41-24(3)39)20-19-36(9)26(31(25)38)11-12-29-35(8)16-15-30(33(4,5)28(35)14-17-37(29,36)10)43-32(40)27-21-42-34(6,7)44-27/h25-31H,1,11-22H2,2-10H3/t25-,26+,27+,28-,29+,30-,31+,35-,36+,37+,38+/m0/s1. The summed E-state index contributed by atoms with van der Waals surface area (Å²) >= 11 is 0. The van der Waals surface area contributed by atoms with Gasteiger partial charge < -0.3 is 18.9 Å². The van der Waals surface area contributed by atoms with Gasteiger partial charge in [-0.1, -0.05) is 46.8 Å². The van der Waals surface area contributed by atoms with Gasteiger partial charge in [0, 0.05) is 17.8 Å². The first-order valence-corrected chi connectivity index (χ1v) is 17.7. The second-order valence-electron chi connectivity index (χ2n) is 17.9. The molecule has 44 heavy (non-hydrogen) atoms. The molecule has 6 heteroatoms. The highest BCUT2D eigenvalue weighted by molar-refractivity contribution is 5.75. The van der Waals surface area contributed by atoms with Gasteiger partial charge in [-0.05, 0) is 131 Å². The highest BCUT2D eigenvalue weighted by atomic mass is 16.8. The van der Waals surface area contributed by atoms with Crippen molar-refractivity contribution in [2.24, 2.45) is 56.7 Å². The highest BCUT2D eigenvalue weighted by Crippen LogP contribution is 2.77. The van der Waals surface area contributed by atoms with Gasteiger partial charge in [0.25, 0.3) is 0 Å². The molecule has 0 aromatic heterocycles. The average molecular weight is 613 g/mol. The minimum atomic E-state index is -0.741. The van der Waals surface area contributed by atoms with E-state index in [4.69, 9.17) is 18.9 Å². The van der Waals surface area contributed by atoms with Crippen molar-refractivity contribution in [1.29, 1.82) is 0 Å². The number of carbonyl (C=O) groups is 2. The Hall–Kier alpha value is -1.40. The quantitative estimate of drug-likeness (QED) is 0.230. The van der Waals surface area contributed by atoms with Gasteiger partial charge in [-0.3, -0.25) is 4.79 Å². The van der Waals surface area contributed by atoms with Crippen molar-refractivity contribution in [3.05, 3.63) is 12.2 Å². The van der Waals surface area contributed by atoms with Gasteiger partial charge in [-0.15, -0.1) is 0 Å². The van der Waals surface area contributed by atoms with E-state index in [2.05, 4.69) is 48.1 Å². The number of ether oxygens (including phenoxy) is 4. The Bertz CT molecular complexity index is 1190. The number of hydrogen-bond acceptors (Lipinski definition) is 6. The van der Waals surface area contributed by atoms with Gasteiger partial charge in [0.2, 0.25) is 0 Å². The van der Waals surface area contributed by atoms with E-state index in [0.717, 1.165) is 25.7 Å². The predicted octanol–water partition coefficient (Wildman–Crippen LogP) is 8.27. The maximum atomic E-state index is 13.2. The van der Waals surface area contributed by atoms with E-state index in [9.17, 15) is 9.59 Å². The minimum absolute atomic E-state index is 0.0942. The smallest absolute Gasteiger partial charge is 0.338 e. The maximum absolute atomic E-state index is 13.2. The van der Waals surface area contributed by atoms with Crippen molar-refractivity contribution in [3.63, 3.8) is 0 Å². The lowest BCUT2D eigenvalue weighted by atomic mass is 9.32. The summed E-state index contributed by atoms with van der Waals surface area (Å²) in [7, 11) is 0. The van der Waals surface area contributed by atoms with Crippen LogP contribution >= 0.6 is 0 Å². The van der Waals surface area contributed by atoms with Crippen LogP contribution in [0.15, 0.2) is 12.2 Å². The molecule has 1 saturated heterocycles. The zero-order valence-corrected chi connectivity index (χ0v) is 29.2. The molecule has 6 fully saturated rings. The molecule has 5 saturated carbocycles. The number of allylic oxidation sites excluding steroid dienone is 1. The Balaban J connectivity index is 1.25. The van der Waals surface area contributed by atoms with E-state index >= 15 is 0 Å². The average Bonchev–Trinajstić information content (AvgIpc) is 3.50. The summed E-state index contributed by atoms with van der Waals surface area (Å²) in [6.07, 6.45) is 10.9. The molecule has 5 aliphatic carbocycles. The highest BCUT2D eigenvalue weighted by Gasteiger charge is 2.71. The molecule has 6 nitrogen and oxygen atoms in total. The zero-order valence-electron chi connectivity index (χ0n) is 29.2. The van der Waals surface area contributed by atoms with E-state index in [1.165, 1.54) is 44.1 Å². The van der Waals surface area contributed by atoms with E-state index in [1.54, 1.807) is 6.92 Å². The zero-order chi connectivity index (χ0) is 32.1. The van der Waals surface area contributed by atoms with Crippen LogP contribution in [-0.4, -0.2) is 43.1 Å². The van der Waals surface area contributed by atoms with Crippen molar-refractivity contribution in [1.82, 2.24) is 0 Å². The monoisotopic (exact) mass is 612 g/mol. The number of fused-ring (bicyclic) bond motifs is 7. The van der Waals surface area contributed by atoms with Crippen LogP contribution in [0, 0.1) is 56.7 Å². The van der Waals surface area contributed by atoms with Gasteiger partial charge in [0.1, 0.15) is 6.10 Å². The molecule has 0 radical (unpaired) electrons. The largest absolute Gasteiger partial charge is 0.465 e. The first-order valence-electron chi connectivity index (χ1n) is 17.7. The van der Waals surface area contributed by atoms with Crippen molar-refractivity contribution < 1.29 is 28.5 Å². The van der Waals surface area contributed by atoms with Crippen LogP contribution in [0.1, 0.15) is 127 Å². The Morgan fingerprint density at radius 3 is 2.18 bits per heavy atom. The molecule has 6 aliphatic rings. The first kappa shape index (κ1) is 32.5. The third-order valence-corrected chi connectivity index (χ3v) is 15.3. The summed E-state index contributed by atoms with van der Waals surface area (Å²) in [5.41, 5.74) is 2.00. The van der Waals surface area contributed by atoms with E-state index in [1.807, 2.05) is 13.8 Å². The van der Waals surface area contributed by atoms with Crippen molar-refractivity contribution in [2.75, 3.05) is 13.2 Å². The van der Waals surface area contributed by atoms with Crippen molar-refractivity contribution in [2.45, 2.75) is 145 Å². The molecule has 0 aromatic rings. The van der Waals surface area contributed by atoms with Gasteiger partial charge in [0.05, 0.1) is 13.2 Å². The molecular formula is C38H60O6. The van der Waals surface area contributed by atoms with Gasteiger partial charge in [0.15, 0.2) is 11.9 Å². The lowest BCUT2D eigenvalue weighted by molar-refractivity contribution is -0.253. The number of esters is 2. The van der Waals surface area contributed by atoms with Crippen LogP contribution in [0.3, 0.4) is 0 Å². The third kappa shape index (κ3) is 4.68.